The minimum atomic E-state index is -3.55. The number of benzene rings is 1. The molecular formula is C11H12ClFO3S. The SMILES string of the molecule is O=S(=O)(Cl)CC1CC(c2cccc(F)c2)CO1. The molecule has 0 aliphatic carbocycles. The molecule has 1 aliphatic rings. The van der Waals surface area contributed by atoms with Crippen LogP contribution < -0.4 is 0 Å². The molecule has 1 heterocycles. The van der Waals surface area contributed by atoms with Gasteiger partial charge in [0.05, 0.1) is 18.5 Å². The fourth-order valence-electron chi connectivity index (χ4n) is 2.04. The first kappa shape index (κ1) is 12.8. The third kappa shape index (κ3) is 3.66. The van der Waals surface area contributed by atoms with E-state index in [0.29, 0.717) is 13.0 Å². The predicted octanol–water partition coefficient (Wildman–Crippen LogP) is 2.27. The minimum Gasteiger partial charge on any atom is -0.376 e. The van der Waals surface area contributed by atoms with E-state index >= 15 is 0 Å². The fourth-order valence-corrected chi connectivity index (χ4v) is 3.13. The van der Waals surface area contributed by atoms with Crippen molar-refractivity contribution in [1.82, 2.24) is 0 Å². The highest BCUT2D eigenvalue weighted by Crippen LogP contribution is 2.30. The van der Waals surface area contributed by atoms with Gasteiger partial charge in [0.25, 0.3) is 0 Å². The van der Waals surface area contributed by atoms with Gasteiger partial charge in [-0.1, -0.05) is 12.1 Å². The van der Waals surface area contributed by atoms with E-state index in [2.05, 4.69) is 0 Å². The zero-order valence-corrected chi connectivity index (χ0v) is 10.5. The Morgan fingerprint density at radius 1 is 1.47 bits per heavy atom. The van der Waals surface area contributed by atoms with E-state index in [0.717, 1.165) is 5.56 Å². The highest BCUT2D eigenvalue weighted by molar-refractivity contribution is 8.13. The Morgan fingerprint density at radius 2 is 2.24 bits per heavy atom. The molecule has 17 heavy (non-hydrogen) atoms. The van der Waals surface area contributed by atoms with Crippen molar-refractivity contribution in [3.63, 3.8) is 0 Å². The molecule has 0 radical (unpaired) electrons. The molecule has 0 saturated carbocycles. The quantitative estimate of drug-likeness (QED) is 0.797. The largest absolute Gasteiger partial charge is 0.376 e. The van der Waals surface area contributed by atoms with Crippen LogP contribution in [0.1, 0.15) is 17.9 Å². The average Bonchev–Trinajstić information content (AvgIpc) is 2.63. The van der Waals surface area contributed by atoms with Crippen LogP contribution in [0.25, 0.3) is 0 Å². The molecule has 1 fully saturated rings. The molecule has 0 N–H and O–H groups in total. The molecule has 0 spiro atoms. The van der Waals surface area contributed by atoms with Crippen molar-refractivity contribution in [2.24, 2.45) is 0 Å². The highest BCUT2D eigenvalue weighted by Gasteiger charge is 2.29. The standard InChI is InChI=1S/C11H12ClFO3S/c12-17(14,15)7-11-5-9(6-16-11)8-2-1-3-10(13)4-8/h1-4,9,11H,5-7H2. The van der Waals surface area contributed by atoms with Gasteiger partial charge in [0.2, 0.25) is 9.05 Å². The zero-order chi connectivity index (χ0) is 12.5. The molecule has 0 amide bonds. The molecule has 2 rings (SSSR count). The van der Waals surface area contributed by atoms with Crippen LogP contribution in [0.5, 0.6) is 0 Å². The highest BCUT2D eigenvalue weighted by atomic mass is 35.7. The van der Waals surface area contributed by atoms with Crippen LogP contribution in [0.2, 0.25) is 0 Å². The van der Waals surface area contributed by atoms with Gasteiger partial charge in [-0.2, -0.15) is 0 Å². The maximum atomic E-state index is 13.0. The molecule has 94 valence electrons. The van der Waals surface area contributed by atoms with Crippen LogP contribution in [0.4, 0.5) is 4.39 Å². The number of ether oxygens (including phenoxy) is 1. The van der Waals surface area contributed by atoms with Crippen molar-refractivity contribution < 1.29 is 17.5 Å². The molecule has 1 aromatic carbocycles. The maximum Gasteiger partial charge on any atom is 0.235 e. The van der Waals surface area contributed by atoms with Gasteiger partial charge in [0.15, 0.2) is 0 Å². The van der Waals surface area contributed by atoms with Gasteiger partial charge in [-0.15, -0.1) is 0 Å². The molecule has 0 bridgehead atoms. The molecule has 1 saturated heterocycles. The van der Waals surface area contributed by atoms with Crippen molar-refractivity contribution in [3.05, 3.63) is 35.6 Å². The molecule has 6 heteroatoms. The summed E-state index contributed by atoms with van der Waals surface area (Å²) in [4.78, 5) is 0. The second kappa shape index (κ2) is 4.92. The number of halogens is 2. The topological polar surface area (TPSA) is 43.4 Å². The van der Waals surface area contributed by atoms with Crippen LogP contribution in [0, 0.1) is 5.82 Å². The van der Waals surface area contributed by atoms with Crippen molar-refractivity contribution in [2.45, 2.75) is 18.4 Å². The van der Waals surface area contributed by atoms with Gasteiger partial charge in [-0.3, -0.25) is 0 Å². The number of hydrogen-bond acceptors (Lipinski definition) is 3. The van der Waals surface area contributed by atoms with E-state index in [1.807, 2.05) is 6.07 Å². The molecule has 2 unspecified atom stereocenters. The molecule has 1 aliphatic heterocycles. The van der Waals surface area contributed by atoms with Crippen LogP contribution in [-0.4, -0.2) is 26.9 Å². The van der Waals surface area contributed by atoms with E-state index in [4.69, 9.17) is 15.4 Å². The van der Waals surface area contributed by atoms with Gasteiger partial charge in [-0.05, 0) is 24.1 Å². The summed E-state index contributed by atoms with van der Waals surface area (Å²) >= 11 is 0. The summed E-state index contributed by atoms with van der Waals surface area (Å²) in [6.07, 6.45) is 0.154. The monoisotopic (exact) mass is 278 g/mol. The first-order valence-corrected chi connectivity index (χ1v) is 7.71. The third-order valence-corrected chi connectivity index (χ3v) is 3.93. The Morgan fingerprint density at radius 3 is 2.88 bits per heavy atom. The van der Waals surface area contributed by atoms with Crippen molar-refractivity contribution >= 4 is 19.7 Å². The summed E-state index contributed by atoms with van der Waals surface area (Å²) in [5.74, 6) is -0.453. The van der Waals surface area contributed by atoms with E-state index in [9.17, 15) is 12.8 Å². The van der Waals surface area contributed by atoms with E-state index in [1.54, 1.807) is 6.07 Å². The Bertz CT molecular complexity index is 503. The predicted molar refractivity (Wildman–Crippen MR) is 63.1 cm³/mol. The lowest BCUT2D eigenvalue weighted by Crippen LogP contribution is -2.16. The lowest BCUT2D eigenvalue weighted by Gasteiger charge is -2.08. The van der Waals surface area contributed by atoms with Gasteiger partial charge < -0.3 is 4.74 Å². The molecule has 3 nitrogen and oxygen atoms in total. The normalized spacial score (nSPS) is 25.1. The average molecular weight is 279 g/mol. The maximum absolute atomic E-state index is 13.0. The van der Waals surface area contributed by atoms with Gasteiger partial charge in [-0.25, -0.2) is 12.8 Å². The van der Waals surface area contributed by atoms with Crippen LogP contribution >= 0.6 is 10.7 Å². The first-order chi connectivity index (χ1) is 7.94. The second-order valence-electron chi connectivity index (χ2n) is 4.15. The van der Waals surface area contributed by atoms with Gasteiger partial charge >= 0.3 is 0 Å². The third-order valence-electron chi connectivity index (χ3n) is 2.79. The molecule has 0 aromatic heterocycles. The van der Waals surface area contributed by atoms with E-state index in [1.165, 1.54) is 12.1 Å². The van der Waals surface area contributed by atoms with Crippen LogP contribution in [0.3, 0.4) is 0 Å². The van der Waals surface area contributed by atoms with Crippen molar-refractivity contribution in [3.8, 4) is 0 Å². The first-order valence-electron chi connectivity index (χ1n) is 5.23. The zero-order valence-electron chi connectivity index (χ0n) is 8.97. The number of rotatable bonds is 3. The van der Waals surface area contributed by atoms with E-state index < -0.39 is 15.2 Å². The summed E-state index contributed by atoms with van der Waals surface area (Å²) in [5, 5.41) is 0. The lowest BCUT2D eigenvalue weighted by molar-refractivity contribution is 0.126. The Hall–Kier alpha value is -0.650. The summed E-state index contributed by atoms with van der Waals surface area (Å²) in [6, 6.07) is 6.27. The fraction of sp³-hybridized carbons (Fsp3) is 0.455. The summed E-state index contributed by atoms with van der Waals surface area (Å²) in [5.41, 5.74) is 0.833. The van der Waals surface area contributed by atoms with Crippen molar-refractivity contribution in [2.75, 3.05) is 12.4 Å². The van der Waals surface area contributed by atoms with E-state index in [-0.39, 0.29) is 17.5 Å². The molecule has 1 aromatic rings. The molecular weight excluding hydrogens is 267 g/mol. The second-order valence-corrected chi connectivity index (χ2v) is 6.97. The Labute approximate surface area is 104 Å². The van der Waals surface area contributed by atoms with Crippen LogP contribution in [0.15, 0.2) is 24.3 Å². The lowest BCUT2D eigenvalue weighted by atomic mass is 9.97. The summed E-state index contributed by atoms with van der Waals surface area (Å²) in [6.45, 7) is 0.403. The van der Waals surface area contributed by atoms with Gasteiger partial charge in [0, 0.05) is 16.6 Å². The Kier molecular flexibility index (Phi) is 3.70. The number of hydrogen-bond donors (Lipinski definition) is 0. The summed E-state index contributed by atoms with van der Waals surface area (Å²) in [7, 11) is 1.62. The van der Waals surface area contributed by atoms with Crippen molar-refractivity contribution in [1.29, 1.82) is 0 Å². The Balaban J connectivity index is 2.03. The minimum absolute atomic E-state index is 0.0362. The molecule has 2 atom stereocenters. The smallest absolute Gasteiger partial charge is 0.235 e. The van der Waals surface area contributed by atoms with Crippen LogP contribution in [-0.2, 0) is 13.8 Å². The summed E-state index contributed by atoms with van der Waals surface area (Å²) < 4.78 is 40.2. The van der Waals surface area contributed by atoms with Gasteiger partial charge in [0.1, 0.15) is 5.82 Å².